The van der Waals surface area contributed by atoms with Crippen LogP contribution in [0.1, 0.15) is 36.0 Å². The predicted molar refractivity (Wildman–Crippen MR) is 76.3 cm³/mol. The maximum atomic E-state index is 13.6. The zero-order valence-electron chi connectivity index (χ0n) is 11.2. The molecule has 1 aromatic carbocycles. The molecule has 1 saturated carbocycles. The van der Waals surface area contributed by atoms with Crippen LogP contribution in [0.25, 0.3) is 0 Å². The molecule has 2 rings (SSSR count). The van der Waals surface area contributed by atoms with E-state index < -0.39 is 11.7 Å². The Morgan fingerprint density at radius 1 is 1.35 bits per heavy atom. The van der Waals surface area contributed by atoms with Crippen LogP contribution >= 0.6 is 11.6 Å². The van der Waals surface area contributed by atoms with Crippen LogP contribution in [0.2, 0.25) is 5.02 Å². The van der Waals surface area contributed by atoms with Crippen molar-refractivity contribution in [2.24, 2.45) is 11.8 Å². The van der Waals surface area contributed by atoms with E-state index in [1.807, 2.05) is 0 Å². The Morgan fingerprint density at radius 3 is 2.75 bits per heavy atom. The molecule has 1 aliphatic carbocycles. The Morgan fingerprint density at radius 2 is 2.05 bits per heavy atom. The molecule has 0 aromatic heterocycles. The molecule has 0 aliphatic heterocycles. The lowest BCUT2D eigenvalue weighted by Gasteiger charge is -2.30. The number of benzene rings is 1. The SMILES string of the molecule is O=C(NCC1CCCCC1CO)c1cc(Cl)ccc1F. The first kappa shape index (κ1) is 15.3. The van der Waals surface area contributed by atoms with E-state index in [2.05, 4.69) is 5.32 Å². The number of aliphatic hydroxyl groups excluding tert-OH is 1. The minimum atomic E-state index is -0.575. The summed E-state index contributed by atoms with van der Waals surface area (Å²) in [5.41, 5.74) is -0.0335. The highest BCUT2D eigenvalue weighted by Gasteiger charge is 2.25. The third-order valence-corrected chi connectivity index (χ3v) is 4.23. The van der Waals surface area contributed by atoms with E-state index in [1.165, 1.54) is 18.2 Å². The molecule has 0 spiro atoms. The molecule has 0 heterocycles. The zero-order chi connectivity index (χ0) is 14.5. The van der Waals surface area contributed by atoms with E-state index in [9.17, 15) is 14.3 Å². The van der Waals surface area contributed by atoms with Crippen LogP contribution in [-0.2, 0) is 0 Å². The second-order valence-corrected chi connectivity index (χ2v) is 5.76. The maximum Gasteiger partial charge on any atom is 0.254 e. The monoisotopic (exact) mass is 299 g/mol. The van der Waals surface area contributed by atoms with E-state index in [4.69, 9.17) is 11.6 Å². The number of carbonyl (C=O) groups excluding carboxylic acids is 1. The topological polar surface area (TPSA) is 49.3 Å². The van der Waals surface area contributed by atoms with Gasteiger partial charge in [-0.2, -0.15) is 0 Å². The summed E-state index contributed by atoms with van der Waals surface area (Å²) in [4.78, 5) is 12.0. The van der Waals surface area contributed by atoms with Gasteiger partial charge in [-0.3, -0.25) is 4.79 Å². The van der Waals surface area contributed by atoms with Crippen molar-refractivity contribution in [2.75, 3.05) is 13.2 Å². The van der Waals surface area contributed by atoms with Gasteiger partial charge in [0.15, 0.2) is 0 Å². The van der Waals surface area contributed by atoms with E-state index in [0.717, 1.165) is 25.7 Å². The number of hydrogen-bond acceptors (Lipinski definition) is 2. The highest BCUT2D eigenvalue weighted by molar-refractivity contribution is 6.30. The molecule has 1 aliphatic rings. The molecule has 110 valence electrons. The van der Waals surface area contributed by atoms with Crippen LogP contribution in [0.4, 0.5) is 4.39 Å². The number of aliphatic hydroxyl groups is 1. The lowest BCUT2D eigenvalue weighted by molar-refractivity contribution is 0.0905. The molecule has 2 unspecified atom stereocenters. The van der Waals surface area contributed by atoms with E-state index in [1.54, 1.807) is 0 Å². The summed E-state index contributed by atoms with van der Waals surface area (Å²) in [6.07, 6.45) is 4.22. The van der Waals surface area contributed by atoms with Crippen molar-refractivity contribution in [2.45, 2.75) is 25.7 Å². The summed E-state index contributed by atoms with van der Waals surface area (Å²) < 4.78 is 13.6. The molecule has 20 heavy (non-hydrogen) atoms. The van der Waals surface area contributed by atoms with Crippen molar-refractivity contribution in [1.82, 2.24) is 5.32 Å². The molecule has 1 fully saturated rings. The van der Waals surface area contributed by atoms with Crippen LogP contribution < -0.4 is 5.32 Å². The van der Waals surface area contributed by atoms with E-state index in [-0.39, 0.29) is 24.0 Å². The smallest absolute Gasteiger partial charge is 0.254 e. The summed E-state index contributed by atoms with van der Waals surface area (Å²) in [7, 11) is 0. The van der Waals surface area contributed by atoms with Crippen LogP contribution in [0.15, 0.2) is 18.2 Å². The number of rotatable bonds is 4. The van der Waals surface area contributed by atoms with Crippen LogP contribution in [0.3, 0.4) is 0 Å². The standard InChI is InChI=1S/C15H19ClFNO2/c16-12-5-6-14(17)13(7-12)15(20)18-8-10-3-1-2-4-11(10)9-19/h5-7,10-11,19H,1-4,8-9H2,(H,18,20). The summed E-state index contributed by atoms with van der Waals surface area (Å²) >= 11 is 5.78. The van der Waals surface area contributed by atoms with Gasteiger partial charge in [0.2, 0.25) is 0 Å². The first-order chi connectivity index (χ1) is 9.61. The fourth-order valence-electron chi connectivity index (χ4n) is 2.78. The van der Waals surface area contributed by atoms with Crippen molar-refractivity contribution in [1.29, 1.82) is 0 Å². The molecular weight excluding hydrogens is 281 g/mol. The average Bonchev–Trinajstić information content (AvgIpc) is 2.47. The minimum Gasteiger partial charge on any atom is -0.396 e. The third kappa shape index (κ3) is 3.70. The van der Waals surface area contributed by atoms with Crippen LogP contribution in [0, 0.1) is 17.7 Å². The van der Waals surface area contributed by atoms with Gasteiger partial charge in [-0.1, -0.05) is 24.4 Å². The molecule has 0 bridgehead atoms. The minimum absolute atomic E-state index is 0.0335. The molecule has 2 N–H and O–H groups in total. The number of amides is 1. The van der Waals surface area contributed by atoms with Gasteiger partial charge >= 0.3 is 0 Å². The maximum absolute atomic E-state index is 13.6. The summed E-state index contributed by atoms with van der Waals surface area (Å²) in [5, 5.41) is 12.4. The first-order valence-electron chi connectivity index (χ1n) is 6.96. The molecule has 2 atom stereocenters. The molecule has 0 radical (unpaired) electrons. The van der Waals surface area contributed by atoms with Gasteiger partial charge in [0.25, 0.3) is 5.91 Å². The predicted octanol–water partition coefficient (Wildman–Crippen LogP) is 3.01. The Labute approximate surface area is 123 Å². The summed E-state index contributed by atoms with van der Waals surface area (Å²) in [6, 6.07) is 3.93. The van der Waals surface area contributed by atoms with E-state index >= 15 is 0 Å². The number of halogens is 2. The lowest BCUT2D eigenvalue weighted by atomic mass is 9.79. The van der Waals surface area contributed by atoms with Crippen LogP contribution in [-0.4, -0.2) is 24.2 Å². The molecule has 3 nitrogen and oxygen atoms in total. The molecule has 1 aromatic rings. The first-order valence-corrected chi connectivity index (χ1v) is 7.33. The second-order valence-electron chi connectivity index (χ2n) is 5.32. The largest absolute Gasteiger partial charge is 0.396 e. The molecule has 1 amide bonds. The van der Waals surface area contributed by atoms with Crippen molar-refractivity contribution < 1.29 is 14.3 Å². The Bertz CT molecular complexity index is 481. The zero-order valence-corrected chi connectivity index (χ0v) is 12.0. The van der Waals surface area contributed by atoms with Gasteiger partial charge in [0.1, 0.15) is 5.82 Å². The van der Waals surface area contributed by atoms with Crippen molar-refractivity contribution >= 4 is 17.5 Å². The molecule has 5 heteroatoms. The van der Waals surface area contributed by atoms with Gasteiger partial charge in [-0.15, -0.1) is 0 Å². The lowest BCUT2D eigenvalue weighted by Crippen LogP contribution is -2.35. The molecular formula is C15H19ClFNO2. The quantitative estimate of drug-likeness (QED) is 0.898. The fraction of sp³-hybridized carbons (Fsp3) is 0.533. The highest BCUT2D eigenvalue weighted by atomic mass is 35.5. The van der Waals surface area contributed by atoms with Gasteiger partial charge < -0.3 is 10.4 Å². The van der Waals surface area contributed by atoms with Gasteiger partial charge in [0.05, 0.1) is 5.56 Å². The highest BCUT2D eigenvalue weighted by Crippen LogP contribution is 2.29. The fourth-order valence-corrected chi connectivity index (χ4v) is 2.96. The van der Waals surface area contributed by atoms with Crippen molar-refractivity contribution in [3.63, 3.8) is 0 Å². The van der Waals surface area contributed by atoms with Crippen molar-refractivity contribution in [3.8, 4) is 0 Å². The average molecular weight is 300 g/mol. The van der Waals surface area contributed by atoms with Gasteiger partial charge in [0, 0.05) is 18.2 Å². The Hall–Kier alpha value is -1.13. The molecule has 0 saturated heterocycles. The Kier molecular flexibility index (Phi) is 5.38. The Balaban J connectivity index is 1.96. The third-order valence-electron chi connectivity index (χ3n) is 4.00. The number of nitrogens with one attached hydrogen (secondary N) is 1. The number of hydrogen-bond donors (Lipinski definition) is 2. The van der Waals surface area contributed by atoms with Crippen LogP contribution in [0.5, 0.6) is 0 Å². The second kappa shape index (κ2) is 7.04. The number of carbonyl (C=O) groups is 1. The van der Waals surface area contributed by atoms with E-state index in [0.29, 0.717) is 11.6 Å². The normalized spacial score (nSPS) is 22.6. The van der Waals surface area contributed by atoms with Gasteiger partial charge in [-0.25, -0.2) is 4.39 Å². The van der Waals surface area contributed by atoms with Crippen molar-refractivity contribution in [3.05, 3.63) is 34.6 Å². The van der Waals surface area contributed by atoms with Gasteiger partial charge in [-0.05, 0) is 42.9 Å². The summed E-state index contributed by atoms with van der Waals surface area (Å²) in [5.74, 6) is -0.533. The summed E-state index contributed by atoms with van der Waals surface area (Å²) in [6.45, 7) is 0.613.